The third-order valence-corrected chi connectivity index (χ3v) is 6.75. The number of thioether (sulfide) groups is 1. The van der Waals surface area contributed by atoms with Crippen LogP contribution in [0, 0.1) is 0 Å². The fraction of sp³-hybridized carbons (Fsp3) is 0.269. The Bertz CT molecular complexity index is 1260. The van der Waals surface area contributed by atoms with E-state index in [9.17, 15) is 0 Å². The lowest BCUT2D eigenvalue weighted by Crippen LogP contribution is -2.16. The summed E-state index contributed by atoms with van der Waals surface area (Å²) in [6, 6.07) is 19.3. The molecule has 1 aliphatic rings. The highest BCUT2D eigenvalue weighted by atomic mass is 35.5. The molecule has 1 aliphatic heterocycles. The van der Waals surface area contributed by atoms with Gasteiger partial charge in [-0.25, -0.2) is 0 Å². The summed E-state index contributed by atoms with van der Waals surface area (Å²) < 4.78 is 12.5. The summed E-state index contributed by atoms with van der Waals surface area (Å²) in [5.41, 5.74) is 3.33. The highest BCUT2D eigenvalue weighted by molar-refractivity contribution is 7.99. The molecule has 5 rings (SSSR count). The van der Waals surface area contributed by atoms with Crippen molar-refractivity contribution in [2.75, 3.05) is 11.1 Å². The highest BCUT2D eigenvalue weighted by Gasteiger charge is 2.28. The fourth-order valence-corrected chi connectivity index (χ4v) is 4.70. The van der Waals surface area contributed by atoms with Crippen molar-refractivity contribution < 1.29 is 9.15 Å². The highest BCUT2D eigenvalue weighted by Crippen LogP contribution is 2.40. The number of anilines is 1. The summed E-state index contributed by atoms with van der Waals surface area (Å²) in [6.07, 6.45) is 4.25. The summed E-state index contributed by atoms with van der Waals surface area (Å²) in [6.45, 7) is 2.21. The minimum Gasteiger partial charge on any atom is -0.455 e. The van der Waals surface area contributed by atoms with Crippen LogP contribution in [0.4, 0.5) is 5.69 Å². The third kappa shape index (κ3) is 5.05. The number of nitrogens with zero attached hydrogens (tertiary/aromatic N) is 3. The number of furan rings is 1. The van der Waals surface area contributed by atoms with Crippen LogP contribution in [0.25, 0.3) is 22.6 Å². The summed E-state index contributed by atoms with van der Waals surface area (Å²) in [7, 11) is 0. The predicted molar refractivity (Wildman–Crippen MR) is 136 cm³/mol. The van der Waals surface area contributed by atoms with E-state index in [0.29, 0.717) is 27.5 Å². The molecule has 6 nitrogen and oxygen atoms in total. The van der Waals surface area contributed by atoms with E-state index in [1.165, 1.54) is 19.3 Å². The first-order valence-electron chi connectivity index (χ1n) is 11.5. The van der Waals surface area contributed by atoms with Gasteiger partial charge in [0.1, 0.15) is 5.76 Å². The molecule has 1 N–H and O–H groups in total. The number of ether oxygens (including phenoxy) is 1. The average molecular weight is 493 g/mol. The van der Waals surface area contributed by atoms with Crippen LogP contribution in [-0.2, 0) is 0 Å². The smallest absolute Gasteiger partial charge is 0.247 e. The van der Waals surface area contributed by atoms with E-state index in [2.05, 4.69) is 22.4 Å². The van der Waals surface area contributed by atoms with Crippen LogP contribution in [-0.4, -0.2) is 20.9 Å². The Labute approximate surface area is 208 Å². The van der Waals surface area contributed by atoms with Gasteiger partial charge in [0.15, 0.2) is 11.5 Å². The summed E-state index contributed by atoms with van der Waals surface area (Å²) >= 11 is 7.64. The Balaban J connectivity index is 1.42. The van der Waals surface area contributed by atoms with Crippen molar-refractivity contribution in [2.24, 2.45) is 0 Å². The molecule has 0 unspecified atom stereocenters. The molecule has 34 heavy (non-hydrogen) atoms. The molecule has 0 aliphatic carbocycles. The first-order valence-corrected chi connectivity index (χ1v) is 12.8. The molecule has 2 aromatic carbocycles. The normalized spacial score (nSPS) is 14.5. The van der Waals surface area contributed by atoms with E-state index in [0.717, 1.165) is 34.7 Å². The van der Waals surface area contributed by atoms with E-state index in [1.807, 2.05) is 60.7 Å². The summed E-state index contributed by atoms with van der Waals surface area (Å²) in [5.74, 6) is 2.78. The fourth-order valence-electron chi connectivity index (χ4n) is 3.79. The molecule has 2 aromatic heterocycles. The molecule has 8 heteroatoms. The molecule has 0 saturated heterocycles. The van der Waals surface area contributed by atoms with Gasteiger partial charge in [0.25, 0.3) is 0 Å². The van der Waals surface area contributed by atoms with E-state index in [4.69, 9.17) is 25.7 Å². The first kappa shape index (κ1) is 22.7. The summed E-state index contributed by atoms with van der Waals surface area (Å²) in [5, 5.41) is 13.6. The van der Waals surface area contributed by atoms with Crippen molar-refractivity contribution in [1.82, 2.24) is 15.2 Å². The van der Waals surface area contributed by atoms with Gasteiger partial charge in [-0.15, -0.1) is 10.2 Å². The lowest BCUT2D eigenvalue weighted by atomic mass is 10.1. The van der Waals surface area contributed by atoms with Crippen LogP contribution in [0.15, 0.2) is 70.2 Å². The maximum absolute atomic E-state index is 6.33. The van der Waals surface area contributed by atoms with Gasteiger partial charge in [0.05, 0.1) is 0 Å². The van der Waals surface area contributed by atoms with Crippen molar-refractivity contribution >= 4 is 29.1 Å². The number of hydrogen-bond acceptors (Lipinski definition) is 7. The van der Waals surface area contributed by atoms with E-state index in [-0.39, 0.29) is 0 Å². The Morgan fingerprint density at radius 1 is 0.971 bits per heavy atom. The SMILES string of the molecule is CCCCCCSc1nnc2c(n1)O[C@@H](c1ccc(-c3ccc(Cl)cc3)o1)Nc1ccccc1-2. The standard InChI is InChI=1S/C26H25ClN4O2S/c1-2-3-4-7-16-34-26-29-25-23(30-31-26)19-8-5-6-9-20(19)28-24(33-25)22-15-14-21(32-22)17-10-12-18(27)13-11-17/h5-6,8-15,24,28H,2-4,7,16H2,1H3/t24-/m0/s1. The number of para-hydroxylation sites is 1. The van der Waals surface area contributed by atoms with Crippen LogP contribution < -0.4 is 10.1 Å². The van der Waals surface area contributed by atoms with Gasteiger partial charge in [0.2, 0.25) is 17.3 Å². The molecule has 0 fully saturated rings. The van der Waals surface area contributed by atoms with Crippen molar-refractivity contribution in [1.29, 1.82) is 0 Å². The number of nitrogens with one attached hydrogen (secondary N) is 1. The van der Waals surface area contributed by atoms with Crippen molar-refractivity contribution in [3.05, 3.63) is 71.4 Å². The van der Waals surface area contributed by atoms with Crippen LogP contribution in [0.5, 0.6) is 5.88 Å². The molecule has 174 valence electrons. The van der Waals surface area contributed by atoms with Crippen LogP contribution >= 0.6 is 23.4 Å². The molecule has 3 heterocycles. The molecule has 1 atom stereocenters. The molecule has 0 radical (unpaired) electrons. The van der Waals surface area contributed by atoms with E-state index >= 15 is 0 Å². The lowest BCUT2D eigenvalue weighted by molar-refractivity contribution is 0.196. The zero-order valence-electron chi connectivity index (χ0n) is 18.8. The largest absolute Gasteiger partial charge is 0.455 e. The molecule has 0 spiro atoms. The molecular formula is C26H25ClN4O2S. The molecule has 0 saturated carbocycles. The second-order valence-electron chi connectivity index (χ2n) is 8.05. The zero-order chi connectivity index (χ0) is 23.3. The van der Waals surface area contributed by atoms with Gasteiger partial charge >= 0.3 is 0 Å². The van der Waals surface area contributed by atoms with Gasteiger partial charge < -0.3 is 14.5 Å². The molecule has 4 aromatic rings. The topological polar surface area (TPSA) is 73.1 Å². The van der Waals surface area contributed by atoms with Gasteiger partial charge in [-0.2, -0.15) is 4.98 Å². The Hall–Kier alpha value is -3.03. The second-order valence-corrected chi connectivity index (χ2v) is 9.55. The van der Waals surface area contributed by atoms with Gasteiger partial charge in [0, 0.05) is 27.6 Å². The van der Waals surface area contributed by atoms with E-state index < -0.39 is 6.23 Å². The monoisotopic (exact) mass is 492 g/mol. The maximum atomic E-state index is 6.33. The van der Waals surface area contributed by atoms with Crippen LogP contribution in [0.2, 0.25) is 5.02 Å². The van der Waals surface area contributed by atoms with Crippen molar-refractivity contribution in [3.63, 3.8) is 0 Å². The van der Waals surface area contributed by atoms with Gasteiger partial charge in [-0.05, 0) is 48.9 Å². The molecule has 0 amide bonds. The summed E-state index contributed by atoms with van der Waals surface area (Å²) in [4.78, 5) is 4.71. The number of halogens is 1. The Kier molecular flexibility index (Phi) is 7.02. The predicted octanol–water partition coefficient (Wildman–Crippen LogP) is 7.63. The molecule has 0 bridgehead atoms. The molecular weight excluding hydrogens is 468 g/mol. The van der Waals surface area contributed by atoms with Gasteiger partial charge in [-0.1, -0.05) is 67.7 Å². The Morgan fingerprint density at radius 3 is 2.68 bits per heavy atom. The quantitative estimate of drug-likeness (QED) is 0.200. The zero-order valence-corrected chi connectivity index (χ0v) is 20.4. The number of benzene rings is 2. The van der Waals surface area contributed by atoms with Crippen molar-refractivity contribution in [3.8, 4) is 28.5 Å². The lowest BCUT2D eigenvalue weighted by Gasteiger charge is -2.16. The minimum absolute atomic E-state index is 0.443. The minimum atomic E-state index is -0.567. The number of hydrogen-bond donors (Lipinski definition) is 1. The average Bonchev–Trinajstić information content (AvgIpc) is 3.29. The number of rotatable bonds is 8. The van der Waals surface area contributed by atoms with Crippen LogP contribution in [0.3, 0.4) is 0 Å². The number of aromatic nitrogens is 3. The Morgan fingerprint density at radius 2 is 1.82 bits per heavy atom. The second kappa shape index (κ2) is 10.5. The van der Waals surface area contributed by atoms with E-state index in [1.54, 1.807) is 11.8 Å². The first-order chi connectivity index (χ1) is 16.7. The number of unbranched alkanes of at least 4 members (excludes halogenated alkanes) is 3. The number of fused-ring (bicyclic) bond motifs is 3. The third-order valence-electron chi connectivity index (χ3n) is 5.58. The van der Waals surface area contributed by atoms with Crippen molar-refractivity contribution in [2.45, 2.75) is 44.0 Å². The van der Waals surface area contributed by atoms with Gasteiger partial charge in [-0.3, -0.25) is 0 Å². The van der Waals surface area contributed by atoms with Crippen LogP contribution in [0.1, 0.15) is 44.6 Å². The maximum Gasteiger partial charge on any atom is 0.247 e.